The fourth-order valence-corrected chi connectivity index (χ4v) is 1.65. The Morgan fingerprint density at radius 2 is 2.10 bits per heavy atom. The highest BCUT2D eigenvalue weighted by molar-refractivity contribution is 6.13. The van der Waals surface area contributed by atoms with E-state index in [1.807, 2.05) is 6.07 Å². The molecule has 0 aromatic heterocycles. The van der Waals surface area contributed by atoms with Crippen LogP contribution in [-0.4, -0.2) is 25.7 Å². The largest absolute Gasteiger partial charge is 0.493 e. The minimum absolute atomic E-state index is 0.0880. The smallest absolute Gasteiger partial charge is 0.326 e. The summed E-state index contributed by atoms with van der Waals surface area (Å²) in [6.45, 7) is -0.0880. The van der Waals surface area contributed by atoms with Gasteiger partial charge in [-0.25, -0.2) is 4.79 Å². The summed E-state index contributed by atoms with van der Waals surface area (Å²) >= 11 is 0. The highest BCUT2D eigenvalue weighted by atomic mass is 16.5. The van der Waals surface area contributed by atoms with Crippen molar-refractivity contribution in [2.24, 2.45) is 0 Å². The number of benzene rings is 1. The van der Waals surface area contributed by atoms with Gasteiger partial charge < -0.3 is 14.8 Å². The SMILES string of the molecule is COc1cc(/C=C2\NC(=O)NC2=O)ccc1OCC#N. The van der Waals surface area contributed by atoms with E-state index in [2.05, 4.69) is 10.6 Å². The zero-order chi connectivity index (χ0) is 14.5. The van der Waals surface area contributed by atoms with Crippen molar-refractivity contribution >= 4 is 18.0 Å². The lowest BCUT2D eigenvalue weighted by molar-refractivity contribution is -0.115. The third-order valence-electron chi connectivity index (χ3n) is 2.51. The second-order valence-corrected chi connectivity index (χ2v) is 3.82. The van der Waals surface area contributed by atoms with Gasteiger partial charge >= 0.3 is 6.03 Å². The van der Waals surface area contributed by atoms with Crippen molar-refractivity contribution in [1.29, 1.82) is 5.26 Å². The second kappa shape index (κ2) is 5.75. The number of carbonyl (C=O) groups is 2. The van der Waals surface area contributed by atoms with E-state index < -0.39 is 11.9 Å². The Hall–Kier alpha value is -3.01. The van der Waals surface area contributed by atoms with Crippen LogP contribution in [0, 0.1) is 11.3 Å². The lowest BCUT2D eigenvalue weighted by atomic mass is 10.1. The molecule has 7 heteroatoms. The molecule has 1 aromatic rings. The molecule has 1 heterocycles. The monoisotopic (exact) mass is 273 g/mol. The fourth-order valence-electron chi connectivity index (χ4n) is 1.65. The quantitative estimate of drug-likeness (QED) is 0.623. The van der Waals surface area contributed by atoms with Crippen molar-refractivity contribution in [2.45, 2.75) is 0 Å². The Bertz CT molecular complexity index is 631. The van der Waals surface area contributed by atoms with Gasteiger partial charge in [-0.3, -0.25) is 10.1 Å². The fraction of sp³-hybridized carbons (Fsp3) is 0.154. The first-order valence-corrected chi connectivity index (χ1v) is 5.66. The molecule has 0 aliphatic carbocycles. The number of rotatable bonds is 4. The molecule has 1 aliphatic rings. The summed E-state index contributed by atoms with van der Waals surface area (Å²) in [7, 11) is 1.47. The molecule has 1 saturated heterocycles. The van der Waals surface area contributed by atoms with E-state index in [0.29, 0.717) is 17.1 Å². The Morgan fingerprint density at radius 1 is 1.30 bits per heavy atom. The maximum atomic E-state index is 11.4. The van der Waals surface area contributed by atoms with Gasteiger partial charge in [-0.15, -0.1) is 0 Å². The van der Waals surface area contributed by atoms with Crippen LogP contribution in [-0.2, 0) is 4.79 Å². The van der Waals surface area contributed by atoms with E-state index in [9.17, 15) is 9.59 Å². The van der Waals surface area contributed by atoms with Crippen LogP contribution in [0.5, 0.6) is 11.5 Å². The highest BCUT2D eigenvalue weighted by Crippen LogP contribution is 2.28. The number of imide groups is 1. The summed E-state index contributed by atoms with van der Waals surface area (Å²) in [5, 5.41) is 13.0. The predicted molar refractivity (Wildman–Crippen MR) is 68.8 cm³/mol. The Kier molecular flexibility index (Phi) is 3.86. The zero-order valence-electron chi connectivity index (χ0n) is 10.6. The van der Waals surface area contributed by atoms with Crippen molar-refractivity contribution < 1.29 is 19.1 Å². The number of urea groups is 1. The van der Waals surface area contributed by atoms with Crippen molar-refractivity contribution in [1.82, 2.24) is 10.6 Å². The van der Waals surface area contributed by atoms with Gasteiger partial charge in [0.25, 0.3) is 5.91 Å². The first-order valence-electron chi connectivity index (χ1n) is 5.66. The molecule has 0 atom stereocenters. The van der Waals surface area contributed by atoms with E-state index in [1.54, 1.807) is 18.2 Å². The predicted octanol–water partition coefficient (Wildman–Crippen LogP) is 0.778. The van der Waals surface area contributed by atoms with Gasteiger partial charge in [0.1, 0.15) is 11.8 Å². The van der Waals surface area contributed by atoms with Gasteiger partial charge in [-0.1, -0.05) is 6.07 Å². The number of nitrogens with one attached hydrogen (secondary N) is 2. The maximum absolute atomic E-state index is 11.4. The molecular weight excluding hydrogens is 262 g/mol. The Morgan fingerprint density at radius 3 is 2.70 bits per heavy atom. The number of methoxy groups -OCH3 is 1. The zero-order valence-corrected chi connectivity index (χ0v) is 10.6. The number of nitriles is 1. The van der Waals surface area contributed by atoms with Crippen LogP contribution in [0.25, 0.3) is 6.08 Å². The van der Waals surface area contributed by atoms with E-state index in [0.717, 1.165) is 0 Å². The van der Waals surface area contributed by atoms with Crippen LogP contribution in [0.15, 0.2) is 23.9 Å². The van der Waals surface area contributed by atoms with Crippen LogP contribution >= 0.6 is 0 Å². The molecule has 7 nitrogen and oxygen atoms in total. The molecule has 1 aliphatic heterocycles. The third kappa shape index (κ3) is 2.87. The number of hydrogen-bond acceptors (Lipinski definition) is 5. The standard InChI is InChI=1S/C13H11N3O4/c1-19-11-7-8(2-3-10(11)20-5-4-14)6-9-12(17)16-13(18)15-9/h2-3,6-7H,5H2,1H3,(H2,15,16,17,18)/b9-6-. The lowest BCUT2D eigenvalue weighted by Crippen LogP contribution is -2.22. The van der Waals surface area contributed by atoms with Gasteiger partial charge in [0.15, 0.2) is 18.1 Å². The Balaban J connectivity index is 2.26. The van der Waals surface area contributed by atoms with Crippen LogP contribution in [0.3, 0.4) is 0 Å². The van der Waals surface area contributed by atoms with Crippen LogP contribution < -0.4 is 20.1 Å². The lowest BCUT2D eigenvalue weighted by Gasteiger charge is -2.09. The Labute approximate surface area is 114 Å². The molecule has 20 heavy (non-hydrogen) atoms. The van der Waals surface area contributed by atoms with Gasteiger partial charge in [-0.2, -0.15) is 5.26 Å². The van der Waals surface area contributed by atoms with Crippen molar-refractivity contribution in [3.63, 3.8) is 0 Å². The summed E-state index contributed by atoms with van der Waals surface area (Å²) in [4.78, 5) is 22.4. The summed E-state index contributed by atoms with van der Waals surface area (Å²) in [6.07, 6.45) is 1.51. The number of amides is 3. The van der Waals surface area contributed by atoms with Gasteiger partial charge in [0.05, 0.1) is 7.11 Å². The highest BCUT2D eigenvalue weighted by Gasteiger charge is 2.22. The summed E-state index contributed by atoms with van der Waals surface area (Å²) in [5.74, 6) is 0.370. The van der Waals surface area contributed by atoms with Crippen molar-refractivity contribution in [2.75, 3.05) is 13.7 Å². The van der Waals surface area contributed by atoms with Crippen molar-refractivity contribution in [3.05, 3.63) is 29.5 Å². The first-order chi connectivity index (χ1) is 9.63. The molecule has 3 amide bonds. The van der Waals surface area contributed by atoms with Crippen LogP contribution in [0.1, 0.15) is 5.56 Å². The summed E-state index contributed by atoms with van der Waals surface area (Å²) in [6, 6.07) is 6.25. The van der Waals surface area contributed by atoms with Crippen molar-refractivity contribution in [3.8, 4) is 17.6 Å². The second-order valence-electron chi connectivity index (χ2n) is 3.82. The molecule has 0 saturated carbocycles. The molecule has 1 aromatic carbocycles. The van der Waals surface area contributed by atoms with Gasteiger partial charge in [0, 0.05) is 0 Å². The summed E-state index contributed by atoms with van der Waals surface area (Å²) in [5.41, 5.74) is 0.807. The topological polar surface area (TPSA) is 100 Å². The van der Waals surface area contributed by atoms with E-state index in [4.69, 9.17) is 14.7 Å². The molecule has 2 N–H and O–H groups in total. The van der Waals surface area contributed by atoms with E-state index in [-0.39, 0.29) is 12.3 Å². The average molecular weight is 273 g/mol. The third-order valence-corrected chi connectivity index (χ3v) is 2.51. The number of ether oxygens (including phenoxy) is 2. The minimum Gasteiger partial charge on any atom is -0.493 e. The molecule has 0 bridgehead atoms. The van der Waals surface area contributed by atoms with Gasteiger partial charge in [-0.05, 0) is 23.8 Å². The average Bonchev–Trinajstić information content (AvgIpc) is 2.75. The summed E-state index contributed by atoms with van der Waals surface area (Å²) < 4.78 is 10.3. The van der Waals surface area contributed by atoms with E-state index >= 15 is 0 Å². The number of carbonyl (C=O) groups excluding carboxylic acids is 2. The van der Waals surface area contributed by atoms with Crippen LogP contribution in [0.2, 0.25) is 0 Å². The molecule has 1 fully saturated rings. The first kappa shape index (κ1) is 13.4. The molecule has 0 unspecified atom stereocenters. The van der Waals surface area contributed by atoms with E-state index in [1.165, 1.54) is 13.2 Å². The molecule has 0 spiro atoms. The van der Waals surface area contributed by atoms with Crippen LogP contribution in [0.4, 0.5) is 4.79 Å². The number of nitrogens with zero attached hydrogens (tertiary/aromatic N) is 1. The molecule has 102 valence electrons. The minimum atomic E-state index is -0.554. The maximum Gasteiger partial charge on any atom is 0.326 e. The normalized spacial score (nSPS) is 15.5. The number of hydrogen-bond donors (Lipinski definition) is 2. The van der Waals surface area contributed by atoms with Gasteiger partial charge in [0.2, 0.25) is 0 Å². The molecule has 0 radical (unpaired) electrons. The molecule has 2 rings (SSSR count). The molecular formula is C13H11N3O4.